The Labute approximate surface area is 122 Å². The lowest BCUT2D eigenvalue weighted by molar-refractivity contribution is 0.215. The third-order valence-electron chi connectivity index (χ3n) is 3.97. The van der Waals surface area contributed by atoms with Gasteiger partial charge in [-0.2, -0.15) is 0 Å². The molecule has 0 radical (unpaired) electrons. The first-order chi connectivity index (χ1) is 9.54. The van der Waals surface area contributed by atoms with Crippen molar-refractivity contribution in [3.63, 3.8) is 0 Å². The molecule has 0 aromatic heterocycles. The zero-order chi connectivity index (χ0) is 14.5. The molecule has 1 unspecified atom stereocenters. The average Bonchev–Trinajstić information content (AvgIpc) is 2.86. The number of rotatable bonds is 6. The molecule has 1 N–H and O–H groups in total. The van der Waals surface area contributed by atoms with Gasteiger partial charge in [0.15, 0.2) is 0 Å². The van der Waals surface area contributed by atoms with E-state index in [0.29, 0.717) is 12.0 Å². The highest BCUT2D eigenvalue weighted by Crippen LogP contribution is 2.16. The Hall–Kier alpha value is -0.930. The van der Waals surface area contributed by atoms with E-state index in [4.69, 9.17) is 0 Å². The van der Waals surface area contributed by atoms with Crippen molar-refractivity contribution in [3.8, 4) is 0 Å². The molecule has 0 aliphatic carbocycles. The van der Waals surface area contributed by atoms with Crippen LogP contribution < -0.4 is 5.32 Å². The van der Waals surface area contributed by atoms with Crippen molar-refractivity contribution in [2.45, 2.75) is 46.2 Å². The van der Waals surface area contributed by atoms with Gasteiger partial charge in [-0.15, -0.1) is 0 Å². The molecule has 1 fully saturated rings. The Bertz CT molecular complexity index is 425. The van der Waals surface area contributed by atoms with E-state index in [0.717, 1.165) is 31.7 Å². The van der Waals surface area contributed by atoms with Gasteiger partial charge in [-0.3, -0.25) is 4.90 Å². The van der Waals surface area contributed by atoms with Crippen molar-refractivity contribution >= 4 is 0 Å². The van der Waals surface area contributed by atoms with Crippen LogP contribution in [0.15, 0.2) is 18.2 Å². The van der Waals surface area contributed by atoms with Gasteiger partial charge in [0.25, 0.3) is 0 Å². The molecular formula is C17H27FN2. The van der Waals surface area contributed by atoms with Gasteiger partial charge in [-0.05, 0) is 55.5 Å². The summed E-state index contributed by atoms with van der Waals surface area (Å²) in [6, 6.07) is 5.71. The number of hydrogen-bond acceptors (Lipinski definition) is 2. The molecule has 3 heteroatoms. The summed E-state index contributed by atoms with van der Waals surface area (Å²) in [5.41, 5.74) is 2.29. The maximum absolute atomic E-state index is 13.4. The molecule has 20 heavy (non-hydrogen) atoms. The van der Waals surface area contributed by atoms with E-state index in [2.05, 4.69) is 31.0 Å². The smallest absolute Gasteiger partial charge is 0.123 e. The van der Waals surface area contributed by atoms with Gasteiger partial charge < -0.3 is 5.32 Å². The number of hydrogen-bond donors (Lipinski definition) is 1. The minimum absolute atomic E-state index is 0.130. The summed E-state index contributed by atoms with van der Waals surface area (Å²) in [4.78, 5) is 2.47. The number of benzene rings is 1. The molecule has 1 aromatic rings. The summed E-state index contributed by atoms with van der Waals surface area (Å²) < 4.78 is 13.4. The Morgan fingerprint density at radius 3 is 2.85 bits per heavy atom. The average molecular weight is 278 g/mol. The van der Waals surface area contributed by atoms with Crippen LogP contribution in [0.25, 0.3) is 0 Å². The third kappa shape index (κ3) is 4.57. The van der Waals surface area contributed by atoms with Crippen molar-refractivity contribution in [1.29, 1.82) is 0 Å². The number of aryl methyl sites for hydroxylation is 1. The molecule has 1 aliphatic rings. The molecule has 1 heterocycles. The quantitative estimate of drug-likeness (QED) is 0.858. The highest BCUT2D eigenvalue weighted by atomic mass is 19.1. The second kappa shape index (κ2) is 7.19. The van der Waals surface area contributed by atoms with Gasteiger partial charge in [0, 0.05) is 25.7 Å². The predicted molar refractivity (Wildman–Crippen MR) is 82.3 cm³/mol. The second-order valence-electron chi connectivity index (χ2n) is 6.45. The summed E-state index contributed by atoms with van der Waals surface area (Å²) in [6.07, 6.45) is 2.54. The van der Waals surface area contributed by atoms with E-state index >= 15 is 0 Å². The van der Waals surface area contributed by atoms with Crippen molar-refractivity contribution in [3.05, 3.63) is 35.1 Å². The van der Waals surface area contributed by atoms with E-state index in [1.807, 2.05) is 6.07 Å². The largest absolute Gasteiger partial charge is 0.313 e. The minimum atomic E-state index is -0.130. The zero-order valence-electron chi connectivity index (χ0n) is 13.0. The Kier molecular flexibility index (Phi) is 5.55. The van der Waals surface area contributed by atoms with E-state index in [1.165, 1.54) is 18.4 Å². The van der Waals surface area contributed by atoms with Gasteiger partial charge in [0.05, 0.1) is 0 Å². The highest BCUT2D eigenvalue weighted by molar-refractivity contribution is 5.26. The number of halogens is 1. The summed E-state index contributed by atoms with van der Waals surface area (Å²) in [6.45, 7) is 10.7. The first kappa shape index (κ1) is 15.5. The lowest BCUT2D eigenvalue weighted by atomic mass is 10.1. The summed E-state index contributed by atoms with van der Waals surface area (Å²) >= 11 is 0. The van der Waals surface area contributed by atoms with Crippen LogP contribution in [0.4, 0.5) is 4.39 Å². The first-order valence-electron chi connectivity index (χ1n) is 7.75. The molecule has 2 nitrogen and oxygen atoms in total. The molecule has 0 saturated carbocycles. The van der Waals surface area contributed by atoms with Crippen molar-refractivity contribution in [2.24, 2.45) is 5.92 Å². The van der Waals surface area contributed by atoms with E-state index < -0.39 is 0 Å². The fourth-order valence-electron chi connectivity index (χ4n) is 3.00. The van der Waals surface area contributed by atoms with Crippen LogP contribution in [0, 0.1) is 18.7 Å². The number of nitrogens with zero attached hydrogens (tertiary/aromatic N) is 1. The summed E-state index contributed by atoms with van der Waals surface area (Å²) in [7, 11) is 0. The predicted octanol–water partition coefficient (Wildman–Crippen LogP) is 3.34. The maximum Gasteiger partial charge on any atom is 0.123 e. The van der Waals surface area contributed by atoms with Crippen molar-refractivity contribution < 1.29 is 4.39 Å². The molecule has 1 saturated heterocycles. The second-order valence-corrected chi connectivity index (χ2v) is 6.45. The van der Waals surface area contributed by atoms with Gasteiger partial charge >= 0.3 is 0 Å². The van der Waals surface area contributed by atoms with Gasteiger partial charge in [-0.25, -0.2) is 4.39 Å². The third-order valence-corrected chi connectivity index (χ3v) is 3.97. The Morgan fingerprint density at radius 2 is 2.20 bits per heavy atom. The summed E-state index contributed by atoms with van der Waals surface area (Å²) in [5, 5.41) is 3.56. The Balaban J connectivity index is 2.03. The lowest BCUT2D eigenvalue weighted by Gasteiger charge is -2.28. The van der Waals surface area contributed by atoms with Gasteiger partial charge in [0.1, 0.15) is 5.82 Å². The molecule has 1 aliphatic heterocycles. The molecule has 2 rings (SSSR count). The number of nitrogens with one attached hydrogen (secondary N) is 1. The lowest BCUT2D eigenvalue weighted by Crippen LogP contribution is -2.39. The SMILES string of the molecule is Cc1ccc(F)cc1CN(CC(C)C)CC1CCCN1. The van der Waals surface area contributed by atoms with Crippen LogP contribution in [0.3, 0.4) is 0 Å². The standard InChI is InChI=1S/C17H27FN2/c1-13(2)10-20(12-17-5-4-8-19-17)11-15-9-16(18)7-6-14(15)3/h6-7,9,13,17,19H,4-5,8,10-12H2,1-3H3. The Morgan fingerprint density at radius 1 is 1.40 bits per heavy atom. The molecule has 1 aromatic carbocycles. The van der Waals surface area contributed by atoms with Gasteiger partial charge in [-0.1, -0.05) is 19.9 Å². The normalized spacial score (nSPS) is 19.2. The zero-order valence-corrected chi connectivity index (χ0v) is 13.0. The van der Waals surface area contributed by atoms with Crippen LogP contribution in [0.2, 0.25) is 0 Å². The maximum atomic E-state index is 13.4. The van der Waals surface area contributed by atoms with Crippen LogP contribution in [-0.4, -0.2) is 30.6 Å². The van der Waals surface area contributed by atoms with Crippen molar-refractivity contribution in [1.82, 2.24) is 10.2 Å². The van der Waals surface area contributed by atoms with E-state index in [-0.39, 0.29) is 5.82 Å². The van der Waals surface area contributed by atoms with Gasteiger partial charge in [0.2, 0.25) is 0 Å². The topological polar surface area (TPSA) is 15.3 Å². The van der Waals surface area contributed by atoms with E-state index in [1.54, 1.807) is 12.1 Å². The minimum Gasteiger partial charge on any atom is -0.313 e. The highest BCUT2D eigenvalue weighted by Gasteiger charge is 2.19. The molecule has 0 spiro atoms. The fraction of sp³-hybridized carbons (Fsp3) is 0.647. The van der Waals surface area contributed by atoms with Crippen LogP contribution >= 0.6 is 0 Å². The van der Waals surface area contributed by atoms with Crippen LogP contribution in [0.5, 0.6) is 0 Å². The molecule has 1 atom stereocenters. The van der Waals surface area contributed by atoms with Crippen LogP contribution in [0.1, 0.15) is 37.8 Å². The summed E-state index contributed by atoms with van der Waals surface area (Å²) in [5.74, 6) is 0.499. The van der Waals surface area contributed by atoms with Crippen molar-refractivity contribution in [2.75, 3.05) is 19.6 Å². The monoisotopic (exact) mass is 278 g/mol. The van der Waals surface area contributed by atoms with E-state index in [9.17, 15) is 4.39 Å². The molecular weight excluding hydrogens is 251 g/mol. The van der Waals surface area contributed by atoms with Crippen LogP contribution in [-0.2, 0) is 6.54 Å². The first-order valence-corrected chi connectivity index (χ1v) is 7.75. The molecule has 0 bridgehead atoms. The molecule has 112 valence electrons. The fourth-order valence-corrected chi connectivity index (χ4v) is 3.00. The molecule has 0 amide bonds.